The van der Waals surface area contributed by atoms with Crippen LogP contribution in [0.1, 0.15) is 43.7 Å². The van der Waals surface area contributed by atoms with Crippen molar-refractivity contribution >= 4 is 34.0 Å². The molecule has 2 aromatic carbocycles. The molecule has 0 N–H and O–H groups in total. The van der Waals surface area contributed by atoms with Crippen molar-refractivity contribution in [1.82, 2.24) is 0 Å². The molecule has 0 saturated heterocycles. The van der Waals surface area contributed by atoms with E-state index in [-0.39, 0.29) is 5.41 Å². The fourth-order valence-electron chi connectivity index (χ4n) is 4.53. The van der Waals surface area contributed by atoms with Crippen LogP contribution in [-0.4, -0.2) is 10.5 Å². The van der Waals surface area contributed by atoms with E-state index in [1.165, 1.54) is 41.5 Å². The summed E-state index contributed by atoms with van der Waals surface area (Å²) in [5, 5.41) is 0. The molecule has 2 aromatic rings. The highest BCUT2D eigenvalue weighted by atomic mass is 127. The van der Waals surface area contributed by atoms with Crippen molar-refractivity contribution in [2.45, 2.75) is 44.1 Å². The first kappa shape index (κ1) is 14.6. The van der Waals surface area contributed by atoms with E-state index >= 15 is 0 Å². The van der Waals surface area contributed by atoms with E-state index in [1.807, 2.05) is 0 Å². The van der Waals surface area contributed by atoms with Gasteiger partial charge in [-0.2, -0.15) is 0 Å². The third kappa shape index (κ3) is 1.89. The van der Waals surface area contributed by atoms with Gasteiger partial charge in [-0.05, 0) is 36.1 Å². The van der Waals surface area contributed by atoms with E-state index in [0.29, 0.717) is 6.04 Å². The van der Waals surface area contributed by atoms with Gasteiger partial charge < -0.3 is 4.90 Å². The molecule has 114 valence electrons. The Hall–Kier alpha value is -1.03. The molecule has 0 amide bonds. The normalized spacial score (nSPS) is 25.0. The van der Waals surface area contributed by atoms with Crippen LogP contribution in [0.2, 0.25) is 0 Å². The second-order valence-electron chi connectivity index (χ2n) is 6.60. The lowest BCUT2D eigenvalue weighted by atomic mass is 9.61. The van der Waals surface area contributed by atoms with Crippen molar-refractivity contribution in [3.63, 3.8) is 0 Å². The van der Waals surface area contributed by atoms with Gasteiger partial charge in [0.05, 0.1) is 0 Å². The molecule has 3 aliphatic rings. The van der Waals surface area contributed by atoms with Crippen molar-refractivity contribution in [2.75, 3.05) is 9.33 Å². The summed E-state index contributed by atoms with van der Waals surface area (Å²) in [4.78, 5) is 2.60. The third-order valence-electron chi connectivity index (χ3n) is 5.44. The molecule has 1 nitrogen and oxygen atoms in total. The largest absolute Gasteiger partial charge is 0.337 e. The second kappa shape index (κ2) is 5.55. The van der Waals surface area contributed by atoms with Crippen LogP contribution in [0.15, 0.2) is 48.5 Å². The minimum atomic E-state index is 0.230. The molecule has 3 heterocycles. The van der Waals surface area contributed by atoms with Gasteiger partial charge in [-0.3, -0.25) is 0 Å². The molecule has 22 heavy (non-hydrogen) atoms. The SMILES string of the molecule is CCCCC12C[C@H](CI)N(c3ccccc31)c1ccccc12. The number of alkyl halides is 1. The van der Waals surface area contributed by atoms with Gasteiger partial charge in [-0.15, -0.1) is 0 Å². The molecular formula is C20H22IN. The molecule has 2 bridgehead atoms. The number of rotatable bonds is 4. The Balaban J connectivity index is 1.99. The van der Waals surface area contributed by atoms with E-state index in [0.717, 1.165) is 0 Å². The van der Waals surface area contributed by atoms with Crippen LogP contribution < -0.4 is 4.90 Å². The number of nitrogens with zero attached hydrogens (tertiary/aromatic N) is 1. The van der Waals surface area contributed by atoms with Crippen LogP contribution in [0.4, 0.5) is 11.4 Å². The predicted molar refractivity (Wildman–Crippen MR) is 103 cm³/mol. The van der Waals surface area contributed by atoms with Gasteiger partial charge in [0.1, 0.15) is 0 Å². The molecule has 0 saturated carbocycles. The Bertz CT molecular complexity index is 646. The van der Waals surface area contributed by atoms with Gasteiger partial charge in [0.15, 0.2) is 0 Å². The molecule has 0 spiro atoms. The van der Waals surface area contributed by atoms with Gasteiger partial charge in [-0.25, -0.2) is 0 Å². The topological polar surface area (TPSA) is 3.24 Å². The van der Waals surface area contributed by atoms with Crippen molar-refractivity contribution in [3.8, 4) is 0 Å². The number of benzene rings is 2. The van der Waals surface area contributed by atoms with Crippen LogP contribution in [0.5, 0.6) is 0 Å². The molecular weight excluding hydrogens is 381 g/mol. The summed E-state index contributed by atoms with van der Waals surface area (Å²) in [5.74, 6) is 0. The molecule has 0 aromatic heterocycles. The number of anilines is 2. The van der Waals surface area contributed by atoms with E-state index in [4.69, 9.17) is 0 Å². The minimum Gasteiger partial charge on any atom is -0.337 e. The van der Waals surface area contributed by atoms with Gasteiger partial charge in [0.25, 0.3) is 0 Å². The molecule has 2 heteroatoms. The average molecular weight is 403 g/mol. The molecule has 3 aliphatic heterocycles. The Labute approximate surface area is 146 Å². The Morgan fingerprint density at radius 3 is 2.18 bits per heavy atom. The van der Waals surface area contributed by atoms with Gasteiger partial charge in [0.2, 0.25) is 0 Å². The fourth-order valence-corrected chi connectivity index (χ4v) is 5.24. The summed E-state index contributed by atoms with van der Waals surface area (Å²) in [5.41, 5.74) is 6.25. The lowest BCUT2D eigenvalue weighted by Crippen LogP contribution is -2.51. The summed E-state index contributed by atoms with van der Waals surface area (Å²) < 4.78 is 1.19. The first-order chi connectivity index (χ1) is 10.8. The van der Waals surface area contributed by atoms with Crippen LogP contribution in [-0.2, 0) is 5.41 Å². The van der Waals surface area contributed by atoms with Crippen molar-refractivity contribution in [1.29, 1.82) is 0 Å². The number of para-hydroxylation sites is 2. The van der Waals surface area contributed by atoms with Crippen molar-refractivity contribution in [3.05, 3.63) is 59.7 Å². The lowest BCUT2D eigenvalue weighted by molar-refractivity contribution is 0.358. The van der Waals surface area contributed by atoms with E-state index in [1.54, 1.807) is 11.1 Å². The molecule has 0 radical (unpaired) electrons. The summed E-state index contributed by atoms with van der Waals surface area (Å²) in [6, 6.07) is 18.8. The fraction of sp³-hybridized carbons (Fsp3) is 0.400. The maximum Gasteiger partial charge on any atom is 0.0455 e. The number of hydrogen-bond acceptors (Lipinski definition) is 1. The monoisotopic (exact) mass is 403 g/mol. The van der Waals surface area contributed by atoms with E-state index in [2.05, 4.69) is 82.9 Å². The highest BCUT2D eigenvalue weighted by molar-refractivity contribution is 14.1. The second-order valence-corrected chi connectivity index (χ2v) is 7.48. The Kier molecular flexibility index (Phi) is 3.67. The molecule has 0 unspecified atom stereocenters. The summed E-state index contributed by atoms with van der Waals surface area (Å²) >= 11 is 2.57. The summed E-state index contributed by atoms with van der Waals surface area (Å²) in [6.45, 7) is 2.31. The first-order valence-electron chi connectivity index (χ1n) is 8.36. The third-order valence-corrected chi connectivity index (χ3v) is 6.46. The zero-order chi connectivity index (χ0) is 15.2. The molecule has 1 atom stereocenters. The van der Waals surface area contributed by atoms with Crippen LogP contribution in [0.25, 0.3) is 0 Å². The van der Waals surface area contributed by atoms with Gasteiger partial charge in [0, 0.05) is 27.3 Å². The zero-order valence-electron chi connectivity index (χ0n) is 13.1. The maximum atomic E-state index is 2.60. The number of halogens is 1. The maximum absolute atomic E-state index is 2.60. The number of hydrogen-bond donors (Lipinski definition) is 0. The zero-order valence-corrected chi connectivity index (χ0v) is 15.2. The summed E-state index contributed by atoms with van der Waals surface area (Å²) in [6.07, 6.45) is 5.11. The minimum absolute atomic E-state index is 0.230. The highest BCUT2D eigenvalue weighted by Crippen LogP contribution is 2.59. The first-order valence-corrected chi connectivity index (χ1v) is 9.88. The number of fused-ring (bicyclic) bond motifs is 1. The van der Waals surface area contributed by atoms with E-state index < -0.39 is 0 Å². The highest BCUT2D eigenvalue weighted by Gasteiger charge is 2.50. The van der Waals surface area contributed by atoms with Crippen LogP contribution >= 0.6 is 22.6 Å². The standard InChI is InChI=1S/C20H22IN/c1-2-3-12-20-13-15(14-21)22(18-10-6-4-8-16(18)20)19-11-7-5-9-17(19)20/h4-11,15H,2-3,12-14H2,1H3/t15-/m1/s1. The van der Waals surface area contributed by atoms with Crippen LogP contribution in [0, 0.1) is 0 Å². The van der Waals surface area contributed by atoms with Gasteiger partial charge in [-0.1, -0.05) is 78.8 Å². The molecule has 0 fully saturated rings. The number of unbranched alkanes of at least 4 members (excludes halogenated alkanes) is 1. The van der Waals surface area contributed by atoms with Crippen molar-refractivity contribution < 1.29 is 0 Å². The molecule has 0 aliphatic carbocycles. The Morgan fingerprint density at radius 2 is 1.64 bits per heavy atom. The van der Waals surface area contributed by atoms with Crippen LogP contribution in [0.3, 0.4) is 0 Å². The summed E-state index contributed by atoms with van der Waals surface area (Å²) in [7, 11) is 0. The molecule has 5 rings (SSSR count). The van der Waals surface area contributed by atoms with E-state index in [9.17, 15) is 0 Å². The smallest absolute Gasteiger partial charge is 0.0455 e. The Morgan fingerprint density at radius 1 is 1.05 bits per heavy atom. The average Bonchev–Trinajstić information content (AvgIpc) is 2.60. The quantitative estimate of drug-likeness (QED) is 0.459. The van der Waals surface area contributed by atoms with Gasteiger partial charge >= 0.3 is 0 Å². The van der Waals surface area contributed by atoms with Crippen molar-refractivity contribution in [2.24, 2.45) is 0 Å². The predicted octanol–water partition coefficient (Wildman–Crippen LogP) is 5.82. The lowest BCUT2D eigenvalue weighted by Gasteiger charge is -2.55.